The summed E-state index contributed by atoms with van der Waals surface area (Å²) in [5, 5.41) is 23.3. The van der Waals surface area contributed by atoms with Crippen LogP contribution >= 0.6 is 23.2 Å². The number of rotatable bonds is 3. The highest BCUT2D eigenvalue weighted by Crippen LogP contribution is 2.34. The second-order valence-electron chi connectivity index (χ2n) is 5.42. The maximum atomic E-state index is 11.5. The Morgan fingerprint density at radius 1 is 1.39 bits per heavy atom. The van der Waals surface area contributed by atoms with Crippen molar-refractivity contribution in [3.63, 3.8) is 0 Å². The highest BCUT2D eigenvalue weighted by molar-refractivity contribution is 6.35. The SMILES string of the molecule is CCC(=O)NC1C[C@@H](n2cnc3c(Cl)nc(Cl)nc32)[C@H](O)[C@@H]1O. The summed E-state index contributed by atoms with van der Waals surface area (Å²) in [6, 6.07) is -1.06. The van der Waals surface area contributed by atoms with Crippen LogP contribution in [0.2, 0.25) is 10.4 Å². The van der Waals surface area contributed by atoms with Gasteiger partial charge in [-0.2, -0.15) is 4.98 Å². The normalized spacial score (nSPS) is 27.5. The van der Waals surface area contributed by atoms with Crippen molar-refractivity contribution in [3.8, 4) is 0 Å². The van der Waals surface area contributed by atoms with Crippen molar-refractivity contribution in [2.45, 2.75) is 44.1 Å². The monoisotopic (exact) mass is 359 g/mol. The van der Waals surface area contributed by atoms with Crippen molar-refractivity contribution in [1.29, 1.82) is 0 Å². The molecule has 0 radical (unpaired) electrons. The van der Waals surface area contributed by atoms with Gasteiger partial charge in [-0.15, -0.1) is 0 Å². The zero-order valence-corrected chi connectivity index (χ0v) is 13.7. The van der Waals surface area contributed by atoms with Crippen LogP contribution in [0.5, 0.6) is 0 Å². The number of nitrogens with one attached hydrogen (secondary N) is 1. The predicted molar refractivity (Wildman–Crippen MR) is 83.2 cm³/mol. The first-order chi connectivity index (χ1) is 10.9. The minimum absolute atomic E-state index is 0.0341. The molecule has 0 aromatic carbocycles. The van der Waals surface area contributed by atoms with Gasteiger partial charge in [-0.1, -0.05) is 18.5 Å². The van der Waals surface area contributed by atoms with Crippen molar-refractivity contribution < 1.29 is 15.0 Å². The fraction of sp³-hybridized carbons (Fsp3) is 0.538. The van der Waals surface area contributed by atoms with Crippen LogP contribution in [0.4, 0.5) is 0 Å². The van der Waals surface area contributed by atoms with Crippen molar-refractivity contribution >= 4 is 40.3 Å². The van der Waals surface area contributed by atoms with E-state index in [9.17, 15) is 15.0 Å². The molecule has 1 aliphatic rings. The van der Waals surface area contributed by atoms with E-state index in [0.717, 1.165) is 0 Å². The van der Waals surface area contributed by atoms with Gasteiger partial charge in [0.2, 0.25) is 11.2 Å². The Kier molecular flexibility index (Phi) is 4.41. The molecule has 23 heavy (non-hydrogen) atoms. The quantitative estimate of drug-likeness (QED) is 0.549. The molecule has 1 unspecified atom stereocenters. The van der Waals surface area contributed by atoms with E-state index in [4.69, 9.17) is 23.2 Å². The Hall–Kier alpha value is -1.48. The predicted octanol–water partition coefficient (Wildman–Crippen LogP) is 0.694. The second kappa shape index (κ2) is 6.20. The van der Waals surface area contributed by atoms with E-state index < -0.39 is 24.3 Å². The third-order valence-corrected chi connectivity index (χ3v) is 4.46. The van der Waals surface area contributed by atoms with Gasteiger partial charge in [0.1, 0.15) is 17.7 Å². The molecule has 10 heteroatoms. The van der Waals surface area contributed by atoms with Gasteiger partial charge in [-0.05, 0) is 18.0 Å². The number of carbonyl (C=O) groups is 1. The first-order valence-electron chi connectivity index (χ1n) is 7.13. The molecule has 1 fully saturated rings. The van der Waals surface area contributed by atoms with E-state index >= 15 is 0 Å². The number of carbonyl (C=O) groups excluding carboxylic acids is 1. The van der Waals surface area contributed by atoms with Gasteiger partial charge < -0.3 is 20.1 Å². The van der Waals surface area contributed by atoms with Crippen molar-refractivity contribution in [2.75, 3.05) is 0 Å². The zero-order valence-electron chi connectivity index (χ0n) is 12.1. The third kappa shape index (κ3) is 2.87. The maximum Gasteiger partial charge on any atom is 0.225 e. The minimum Gasteiger partial charge on any atom is -0.388 e. The molecule has 4 atom stereocenters. The van der Waals surface area contributed by atoms with Crippen LogP contribution in [-0.4, -0.2) is 53.9 Å². The van der Waals surface area contributed by atoms with Crippen molar-refractivity contribution in [3.05, 3.63) is 16.8 Å². The Morgan fingerprint density at radius 2 is 2.13 bits per heavy atom. The van der Waals surface area contributed by atoms with E-state index in [-0.39, 0.29) is 16.3 Å². The number of amides is 1. The van der Waals surface area contributed by atoms with E-state index in [2.05, 4.69) is 20.3 Å². The summed E-state index contributed by atoms with van der Waals surface area (Å²) >= 11 is 11.8. The van der Waals surface area contributed by atoms with Crippen LogP contribution in [0.3, 0.4) is 0 Å². The van der Waals surface area contributed by atoms with Crippen molar-refractivity contribution in [2.24, 2.45) is 0 Å². The molecule has 8 nitrogen and oxygen atoms in total. The van der Waals surface area contributed by atoms with E-state index in [1.54, 1.807) is 11.5 Å². The summed E-state index contributed by atoms with van der Waals surface area (Å²) in [5.74, 6) is -0.189. The molecule has 0 aliphatic heterocycles. The minimum atomic E-state index is -1.08. The molecule has 0 bridgehead atoms. The lowest BCUT2D eigenvalue weighted by Crippen LogP contribution is -2.42. The van der Waals surface area contributed by atoms with Gasteiger partial charge in [0, 0.05) is 6.42 Å². The van der Waals surface area contributed by atoms with Gasteiger partial charge in [0.05, 0.1) is 18.4 Å². The van der Waals surface area contributed by atoms with Crippen LogP contribution in [-0.2, 0) is 4.79 Å². The number of halogens is 2. The topological polar surface area (TPSA) is 113 Å². The van der Waals surface area contributed by atoms with Gasteiger partial charge in [0.25, 0.3) is 0 Å². The molecule has 0 spiro atoms. The maximum absolute atomic E-state index is 11.5. The smallest absolute Gasteiger partial charge is 0.225 e. The van der Waals surface area contributed by atoms with E-state index in [0.29, 0.717) is 24.0 Å². The molecular weight excluding hydrogens is 345 g/mol. The number of aliphatic hydroxyl groups is 2. The first kappa shape index (κ1) is 16.4. The van der Waals surface area contributed by atoms with Gasteiger partial charge in [-0.25, -0.2) is 9.97 Å². The molecule has 1 aliphatic carbocycles. The molecule has 3 N–H and O–H groups in total. The van der Waals surface area contributed by atoms with Gasteiger partial charge in [-0.3, -0.25) is 4.79 Å². The fourth-order valence-corrected chi connectivity index (χ4v) is 3.26. The Balaban J connectivity index is 1.94. The number of aromatic nitrogens is 4. The summed E-state index contributed by atoms with van der Waals surface area (Å²) < 4.78 is 1.60. The molecule has 124 valence electrons. The third-order valence-electron chi connectivity index (χ3n) is 4.03. The molecule has 1 amide bonds. The summed E-state index contributed by atoms with van der Waals surface area (Å²) in [7, 11) is 0. The summed E-state index contributed by atoms with van der Waals surface area (Å²) in [6.45, 7) is 1.72. The Labute approximate surface area is 141 Å². The number of hydrogen-bond donors (Lipinski definition) is 3. The number of fused-ring (bicyclic) bond motifs is 1. The van der Waals surface area contributed by atoms with Crippen LogP contribution in [0, 0.1) is 0 Å². The van der Waals surface area contributed by atoms with E-state index in [1.807, 2.05) is 0 Å². The first-order valence-corrected chi connectivity index (χ1v) is 7.89. The Bertz CT molecular complexity index is 753. The highest BCUT2D eigenvalue weighted by atomic mass is 35.5. The van der Waals surface area contributed by atoms with Gasteiger partial charge >= 0.3 is 0 Å². The lowest BCUT2D eigenvalue weighted by atomic mass is 10.2. The number of imidazole rings is 1. The standard InChI is InChI=1S/C13H15Cl2N5O3/c1-2-7(21)17-5-3-6(10(23)9(5)22)20-4-16-8-11(14)18-13(15)19-12(8)20/h4-6,9-10,22-23H,2-3H2,1H3,(H,17,21)/t5?,6-,9-,10+/m1/s1. The summed E-state index contributed by atoms with van der Waals surface area (Å²) in [5.41, 5.74) is 0.729. The Morgan fingerprint density at radius 3 is 2.83 bits per heavy atom. The van der Waals surface area contributed by atoms with Crippen LogP contribution < -0.4 is 5.32 Å². The average molecular weight is 360 g/mol. The largest absolute Gasteiger partial charge is 0.388 e. The lowest BCUT2D eigenvalue weighted by Gasteiger charge is -2.18. The van der Waals surface area contributed by atoms with E-state index in [1.165, 1.54) is 6.33 Å². The molecule has 1 saturated carbocycles. The highest BCUT2D eigenvalue weighted by Gasteiger charge is 2.43. The molecule has 2 heterocycles. The van der Waals surface area contributed by atoms with Crippen molar-refractivity contribution in [1.82, 2.24) is 24.8 Å². The molecule has 0 saturated heterocycles. The molecule has 2 aromatic heterocycles. The molecule has 3 rings (SSSR count). The number of aliphatic hydroxyl groups excluding tert-OH is 2. The van der Waals surface area contributed by atoms with Crippen LogP contribution in [0.15, 0.2) is 6.33 Å². The average Bonchev–Trinajstić information content (AvgIpc) is 3.03. The zero-order chi connectivity index (χ0) is 16.7. The summed E-state index contributed by atoms with van der Waals surface area (Å²) in [4.78, 5) is 23.6. The van der Waals surface area contributed by atoms with Crippen LogP contribution in [0.1, 0.15) is 25.8 Å². The molecular formula is C13H15Cl2N5O3. The number of hydrogen-bond acceptors (Lipinski definition) is 6. The summed E-state index contributed by atoms with van der Waals surface area (Å²) in [6.07, 6.45) is -0.0655. The second-order valence-corrected chi connectivity index (χ2v) is 6.12. The molecule has 2 aromatic rings. The fourth-order valence-electron chi connectivity index (χ4n) is 2.84. The number of nitrogens with zero attached hydrogens (tertiary/aromatic N) is 4. The van der Waals surface area contributed by atoms with Gasteiger partial charge in [0.15, 0.2) is 10.8 Å². The van der Waals surface area contributed by atoms with Crippen LogP contribution in [0.25, 0.3) is 11.2 Å². The lowest BCUT2D eigenvalue weighted by molar-refractivity contribution is -0.122.